The van der Waals surface area contributed by atoms with Crippen LogP contribution in [0.25, 0.3) is 11.3 Å². The Balaban J connectivity index is 0.00000128. The molecule has 0 saturated carbocycles. The summed E-state index contributed by atoms with van der Waals surface area (Å²) in [6, 6.07) is 8.17. The highest BCUT2D eigenvalue weighted by Crippen LogP contribution is 2.31. The zero-order valence-electron chi connectivity index (χ0n) is 9.16. The van der Waals surface area contributed by atoms with Crippen LogP contribution in [0.4, 0.5) is 0 Å². The summed E-state index contributed by atoms with van der Waals surface area (Å²) in [5.41, 5.74) is 9.12. The van der Waals surface area contributed by atoms with Gasteiger partial charge < -0.3 is 22.9 Å². The van der Waals surface area contributed by atoms with Crippen LogP contribution in [0, 0.1) is 6.08 Å². The number of hydrogen-bond acceptors (Lipinski definition) is 2. The number of allylic oxidation sites excluding steroid dienone is 2. The van der Waals surface area contributed by atoms with Crippen LogP contribution in [0.2, 0.25) is 0 Å². The Kier molecular flexibility index (Phi) is 4.51. The van der Waals surface area contributed by atoms with Gasteiger partial charge in [0.15, 0.2) is 0 Å². The van der Waals surface area contributed by atoms with Gasteiger partial charge in [-0.2, -0.15) is 0 Å². The second-order valence-corrected chi connectivity index (χ2v) is 3.43. The lowest BCUT2D eigenvalue weighted by Crippen LogP contribution is -3.00. The molecule has 2 nitrogen and oxygen atoms in total. The van der Waals surface area contributed by atoms with Crippen LogP contribution in [0.1, 0.15) is 17.5 Å². The van der Waals surface area contributed by atoms with Crippen LogP contribution < -0.4 is 18.1 Å². The summed E-state index contributed by atoms with van der Waals surface area (Å²) in [6.07, 6.45) is 5.98. The zero-order valence-corrected chi connectivity index (χ0v) is 9.92. The predicted octanol–water partition coefficient (Wildman–Crippen LogP) is -0.773. The van der Waals surface area contributed by atoms with Crippen molar-refractivity contribution in [3.05, 3.63) is 47.5 Å². The maximum atomic E-state index is 5.58. The van der Waals surface area contributed by atoms with Gasteiger partial charge in [0.2, 0.25) is 0 Å². The first kappa shape index (κ1) is 12.7. The van der Waals surface area contributed by atoms with Crippen molar-refractivity contribution in [2.45, 2.75) is 6.42 Å². The third kappa shape index (κ3) is 2.25. The number of nitrogens with two attached hydrogens (primary N) is 1. The van der Waals surface area contributed by atoms with Gasteiger partial charge in [0.05, 0.1) is 24.3 Å². The molecule has 1 aliphatic rings. The molecule has 2 rings (SSSR count). The molecule has 16 heavy (non-hydrogen) atoms. The Morgan fingerprint density at radius 2 is 1.94 bits per heavy atom. The SMILES string of the molecule is COC1=[C+]C=C(CCN)c2ccccc21.[Cl-]. The smallest absolute Gasteiger partial charge is 0.297 e. The van der Waals surface area contributed by atoms with E-state index in [4.69, 9.17) is 10.5 Å². The second kappa shape index (κ2) is 5.66. The van der Waals surface area contributed by atoms with E-state index < -0.39 is 0 Å². The van der Waals surface area contributed by atoms with Crippen molar-refractivity contribution in [2.75, 3.05) is 13.7 Å². The van der Waals surface area contributed by atoms with Crippen molar-refractivity contribution in [3.8, 4) is 0 Å². The minimum atomic E-state index is 0. The number of benzene rings is 1. The maximum absolute atomic E-state index is 5.58. The zero-order chi connectivity index (χ0) is 10.7. The second-order valence-electron chi connectivity index (χ2n) is 3.43. The first-order valence-electron chi connectivity index (χ1n) is 5.03. The van der Waals surface area contributed by atoms with Crippen molar-refractivity contribution in [2.24, 2.45) is 5.73 Å². The van der Waals surface area contributed by atoms with Gasteiger partial charge in [0.1, 0.15) is 11.6 Å². The molecule has 0 aliphatic heterocycles. The topological polar surface area (TPSA) is 35.2 Å². The molecular weight excluding hydrogens is 222 g/mol. The van der Waals surface area contributed by atoms with E-state index in [0.29, 0.717) is 6.54 Å². The van der Waals surface area contributed by atoms with E-state index in [1.807, 2.05) is 24.3 Å². The highest BCUT2D eigenvalue weighted by molar-refractivity contribution is 5.82. The van der Waals surface area contributed by atoms with Crippen LogP contribution in [-0.2, 0) is 4.74 Å². The Labute approximate surface area is 102 Å². The van der Waals surface area contributed by atoms with Gasteiger partial charge in [-0.05, 0) is 12.1 Å². The highest BCUT2D eigenvalue weighted by atomic mass is 35.5. The molecular formula is C13H14ClNO. The Morgan fingerprint density at radius 3 is 2.56 bits per heavy atom. The largest absolute Gasteiger partial charge is 1.00 e. The van der Waals surface area contributed by atoms with Crippen LogP contribution in [0.15, 0.2) is 30.3 Å². The summed E-state index contributed by atoms with van der Waals surface area (Å²) < 4.78 is 5.27. The number of hydrogen-bond donors (Lipinski definition) is 1. The monoisotopic (exact) mass is 235 g/mol. The number of fused-ring (bicyclic) bond motifs is 1. The lowest BCUT2D eigenvalue weighted by atomic mass is 9.92. The molecule has 0 atom stereocenters. The molecule has 0 spiro atoms. The van der Waals surface area contributed by atoms with Gasteiger partial charge in [0, 0.05) is 19.0 Å². The molecule has 0 aromatic heterocycles. The summed E-state index contributed by atoms with van der Waals surface area (Å²) in [7, 11) is 1.67. The van der Waals surface area contributed by atoms with Gasteiger partial charge in [-0.3, -0.25) is 0 Å². The van der Waals surface area contributed by atoms with Crippen molar-refractivity contribution < 1.29 is 17.1 Å². The number of rotatable bonds is 3. The minimum absolute atomic E-state index is 0. The lowest BCUT2D eigenvalue weighted by Gasteiger charge is -2.08. The molecule has 0 bridgehead atoms. The Bertz CT molecular complexity index is 424. The van der Waals surface area contributed by atoms with Gasteiger partial charge in [-0.25, -0.2) is 0 Å². The fraction of sp³-hybridized carbons (Fsp3) is 0.231. The third-order valence-corrected chi connectivity index (χ3v) is 2.51. The van der Waals surface area contributed by atoms with Crippen molar-refractivity contribution in [1.82, 2.24) is 0 Å². The normalized spacial score (nSPS) is 12.6. The molecule has 2 N–H and O–H groups in total. The van der Waals surface area contributed by atoms with E-state index >= 15 is 0 Å². The summed E-state index contributed by atoms with van der Waals surface area (Å²) in [6.45, 7) is 0.657. The van der Waals surface area contributed by atoms with E-state index in [2.05, 4.69) is 12.1 Å². The van der Waals surface area contributed by atoms with Crippen LogP contribution >= 0.6 is 0 Å². The van der Waals surface area contributed by atoms with E-state index in [1.165, 1.54) is 11.1 Å². The van der Waals surface area contributed by atoms with Crippen molar-refractivity contribution >= 4 is 11.3 Å². The molecule has 84 valence electrons. The average Bonchev–Trinajstić information content (AvgIpc) is 2.30. The van der Waals surface area contributed by atoms with Crippen LogP contribution in [0.5, 0.6) is 0 Å². The van der Waals surface area contributed by atoms with E-state index in [1.54, 1.807) is 7.11 Å². The van der Waals surface area contributed by atoms with Crippen LogP contribution in [-0.4, -0.2) is 13.7 Å². The summed E-state index contributed by atoms with van der Waals surface area (Å²) >= 11 is 0. The first-order valence-corrected chi connectivity index (χ1v) is 5.03. The van der Waals surface area contributed by atoms with E-state index in [0.717, 1.165) is 17.7 Å². The highest BCUT2D eigenvalue weighted by Gasteiger charge is 2.24. The molecule has 1 aromatic carbocycles. The predicted molar refractivity (Wildman–Crippen MR) is 61.7 cm³/mol. The molecule has 0 amide bonds. The quantitative estimate of drug-likeness (QED) is 0.699. The molecule has 3 heteroatoms. The maximum Gasteiger partial charge on any atom is 0.297 e. The first-order chi connectivity index (χ1) is 7.36. The minimum Gasteiger partial charge on any atom is -1.00 e. The summed E-state index contributed by atoms with van der Waals surface area (Å²) in [5, 5.41) is 0. The molecule has 0 saturated heterocycles. The summed E-state index contributed by atoms with van der Waals surface area (Å²) in [5.74, 6) is 0.798. The average molecular weight is 236 g/mol. The molecule has 0 unspecified atom stereocenters. The third-order valence-electron chi connectivity index (χ3n) is 2.51. The van der Waals surface area contributed by atoms with Crippen LogP contribution in [0.3, 0.4) is 0 Å². The lowest BCUT2D eigenvalue weighted by molar-refractivity contribution is -0.00000347. The van der Waals surface area contributed by atoms with Gasteiger partial charge >= 0.3 is 0 Å². The van der Waals surface area contributed by atoms with E-state index in [-0.39, 0.29) is 12.4 Å². The molecule has 0 radical (unpaired) electrons. The van der Waals surface area contributed by atoms with Crippen molar-refractivity contribution in [3.63, 3.8) is 0 Å². The fourth-order valence-corrected chi connectivity index (χ4v) is 1.80. The molecule has 1 aromatic rings. The standard InChI is InChI=1S/C13H14NO.ClH/c1-15-13-7-6-10(8-9-14)11-4-2-3-5-12(11)13;/h2-6H,8-9,14H2,1H3;1H/q+1;/p-1. The van der Waals surface area contributed by atoms with Gasteiger partial charge in [-0.15, -0.1) is 0 Å². The summed E-state index contributed by atoms with van der Waals surface area (Å²) in [4.78, 5) is 0. The number of halogens is 1. The fourth-order valence-electron chi connectivity index (χ4n) is 1.80. The molecule has 1 aliphatic carbocycles. The molecule has 0 heterocycles. The van der Waals surface area contributed by atoms with Gasteiger partial charge in [-0.1, -0.05) is 6.07 Å². The molecule has 0 fully saturated rings. The Hall–Kier alpha value is -1.34. The van der Waals surface area contributed by atoms with Crippen molar-refractivity contribution in [1.29, 1.82) is 0 Å². The van der Waals surface area contributed by atoms with Gasteiger partial charge in [0.25, 0.3) is 5.76 Å². The van der Waals surface area contributed by atoms with E-state index in [9.17, 15) is 0 Å². The number of methoxy groups -OCH3 is 1. The number of ether oxygens (including phenoxy) is 1. The Morgan fingerprint density at radius 1 is 1.25 bits per heavy atom.